The van der Waals surface area contributed by atoms with E-state index in [-0.39, 0.29) is 5.91 Å². The first kappa shape index (κ1) is 11.5. The van der Waals surface area contributed by atoms with Gasteiger partial charge in [-0.05, 0) is 22.0 Å². The third-order valence-corrected chi connectivity index (χ3v) is 3.01. The molecule has 0 saturated heterocycles. The van der Waals surface area contributed by atoms with Crippen molar-refractivity contribution in [2.24, 2.45) is 0 Å². The van der Waals surface area contributed by atoms with E-state index in [1.54, 1.807) is 23.2 Å². The Labute approximate surface area is 109 Å². The van der Waals surface area contributed by atoms with Crippen LogP contribution in [0.3, 0.4) is 0 Å². The van der Waals surface area contributed by atoms with Crippen molar-refractivity contribution in [1.29, 1.82) is 0 Å². The van der Waals surface area contributed by atoms with Gasteiger partial charge in [-0.15, -0.1) is 11.3 Å². The van der Waals surface area contributed by atoms with E-state index in [1.165, 1.54) is 11.3 Å². The van der Waals surface area contributed by atoms with Crippen LogP contribution in [-0.4, -0.2) is 15.9 Å². The summed E-state index contributed by atoms with van der Waals surface area (Å²) in [6.07, 6.45) is 1.56. The topological polar surface area (TPSA) is 54.9 Å². The lowest BCUT2D eigenvalue weighted by Crippen LogP contribution is -2.13. The number of carbonyl (C=O) groups is 1. The summed E-state index contributed by atoms with van der Waals surface area (Å²) >= 11 is 10.5. The van der Waals surface area contributed by atoms with Gasteiger partial charge in [0.05, 0.1) is 10.5 Å². The highest BCUT2D eigenvalue weighted by Crippen LogP contribution is 2.23. The summed E-state index contributed by atoms with van der Waals surface area (Å²) in [5.74, 6) is 0.000777. The van der Waals surface area contributed by atoms with Crippen molar-refractivity contribution in [3.8, 4) is 0 Å². The van der Waals surface area contributed by atoms with Crippen LogP contribution < -0.4 is 5.32 Å². The summed E-state index contributed by atoms with van der Waals surface area (Å²) in [6, 6.07) is 1.66. The van der Waals surface area contributed by atoms with Gasteiger partial charge in [0, 0.05) is 16.0 Å². The second-order valence-electron chi connectivity index (χ2n) is 2.81. The second kappa shape index (κ2) is 4.90. The molecule has 2 rings (SSSR count). The molecule has 16 heavy (non-hydrogen) atoms. The second-order valence-corrected chi connectivity index (χ2v) is 4.85. The Morgan fingerprint density at radius 2 is 2.31 bits per heavy atom. The molecular weight excluding hydrogens is 314 g/mol. The molecule has 0 aliphatic carbocycles. The Hall–Kier alpha value is -0.980. The molecule has 2 heterocycles. The third-order valence-electron chi connectivity index (χ3n) is 1.70. The molecule has 0 bridgehead atoms. The van der Waals surface area contributed by atoms with Gasteiger partial charge in [0.25, 0.3) is 5.91 Å². The van der Waals surface area contributed by atoms with Crippen molar-refractivity contribution in [2.45, 2.75) is 0 Å². The molecule has 2 aromatic heterocycles. The average Bonchev–Trinajstić information content (AvgIpc) is 2.75. The molecule has 4 nitrogen and oxygen atoms in total. The van der Waals surface area contributed by atoms with Gasteiger partial charge in [-0.1, -0.05) is 11.6 Å². The normalized spacial score (nSPS) is 10.1. The molecular formula is C9H5BrClN3OS. The fraction of sp³-hybridized carbons (Fsp3) is 0. The summed E-state index contributed by atoms with van der Waals surface area (Å²) < 4.78 is 0.754. The first-order valence-electron chi connectivity index (χ1n) is 4.17. The monoisotopic (exact) mass is 317 g/mol. The largest absolute Gasteiger partial charge is 0.304 e. The number of nitrogens with zero attached hydrogens (tertiary/aromatic N) is 2. The first-order valence-corrected chi connectivity index (χ1v) is 6.29. The fourth-order valence-electron chi connectivity index (χ4n) is 1.00. The van der Waals surface area contributed by atoms with Crippen LogP contribution in [0.15, 0.2) is 27.6 Å². The minimum absolute atomic E-state index is 0.321. The van der Waals surface area contributed by atoms with Crippen molar-refractivity contribution in [1.82, 2.24) is 9.97 Å². The number of hydrogen-bond donors (Lipinski definition) is 1. The zero-order chi connectivity index (χ0) is 11.5. The van der Waals surface area contributed by atoms with Gasteiger partial charge in [0.1, 0.15) is 5.69 Å². The van der Waals surface area contributed by atoms with Crippen molar-refractivity contribution in [3.63, 3.8) is 0 Å². The van der Waals surface area contributed by atoms with Crippen LogP contribution in [0.4, 0.5) is 5.82 Å². The Bertz CT molecular complexity index is 517. The van der Waals surface area contributed by atoms with E-state index in [1.807, 2.05) is 0 Å². The molecule has 1 amide bonds. The van der Waals surface area contributed by atoms with Crippen LogP contribution in [-0.2, 0) is 0 Å². The number of rotatable bonds is 2. The van der Waals surface area contributed by atoms with E-state index < -0.39 is 0 Å². The van der Waals surface area contributed by atoms with Crippen LogP contribution in [0.1, 0.15) is 10.5 Å². The van der Waals surface area contributed by atoms with E-state index in [2.05, 4.69) is 31.2 Å². The molecule has 82 valence electrons. The molecule has 0 radical (unpaired) electrons. The minimum Gasteiger partial charge on any atom is -0.304 e. The third kappa shape index (κ3) is 2.58. The summed E-state index contributed by atoms with van der Waals surface area (Å²) in [4.78, 5) is 19.5. The predicted molar refractivity (Wildman–Crippen MR) is 67.0 cm³/mol. The fourth-order valence-corrected chi connectivity index (χ4v) is 2.21. The number of amides is 1. The highest BCUT2D eigenvalue weighted by atomic mass is 79.9. The first-order chi connectivity index (χ1) is 7.66. The molecule has 0 atom stereocenters. The van der Waals surface area contributed by atoms with Crippen LogP contribution in [0.5, 0.6) is 0 Å². The van der Waals surface area contributed by atoms with Gasteiger partial charge in [0.2, 0.25) is 0 Å². The summed E-state index contributed by atoms with van der Waals surface area (Å²) in [6.45, 7) is 0. The van der Waals surface area contributed by atoms with Gasteiger partial charge < -0.3 is 5.32 Å². The number of carbonyl (C=O) groups excluding carboxylic acids is 1. The van der Waals surface area contributed by atoms with E-state index >= 15 is 0 Å². The van der Waals surface area contributed by atoms with Crippen molar-refractivity contribution >= 4 is 50.6 Å². The van der Waals surface area contributed by atoms with Crippen molar-refractivity contribution in [2.75, 3.05) is 5.32 Å². The van der Waals surface area contributed by atoms with Crippen LogP contribution in [0.25, 0.3) is 0 Å². The average molecular weight is 319 g/mol. The Morgan fingerprint density at radius 1 is 1.50 bits per heavy atom. The summed E-state index contributed by atoms with van der Waals surface area (Å²) in [5, 5.41) is 4.61. The molecule has 0 fully saturated rings. The van der Waals surface area contributed by atoms with Crippen LogP contribution in [0, 0.1) is 0 Å². The summed E-state index contributed by atoms with van der Waals surface area (Å²) in [5.41, 5.74) is 1.94. The standard InChI is InChI=1S/C9H5BrClN3OS/c10-5-1-6(11)8(12-2-5)14-9(15)7-3-16-4-13-7/h1-4H,(H,12,14,15). The van der Waals surface area contributed by atoms with Gasteiger partial charge in [-0.2, -0.15) is 0 Å². The van der Waals surface area contributed by atoms with Gasteiger partial charge in [-0.3, -0.25) is 4.79 Å². The van der Waals surface area contributed by atoms with Crippen molar-refractivity contribution < 1.29 is 4.79 Å². The van der Waals surface area contributed by atoms with E-state index in [4.69, 9.17) is 11.6 Å². The number of hydrogen-bond acceptors (Lipinski definition) is 4. The number of pyridine rings is 1. The van der Waals surface area contributed by atoms with E-state index in [0.29, 0.717) is 16.5 Å². The molecule has 0 aliphatic heterocycles. The zero-order valence-electron chi connectivity index (χ0n) is 7.78. The van der Waals surface area contributed by atoms with Gasteiger partial charge >= 0.3 is 0 Å². The highest BCUT2D eigenvalue weighted by Gasteiger charge is 2.11. The molecule has 1 N–H and O–H groups in total. The van der Waals surface area contributed by atoms with Crippen LogP contribution in [0.2, 0.25) is 5.02 Å². The van der Waals surface area contributed by atoms with Crippen molar-refractivity contribution in [3.05, 3.63) is 38.3 Å². The Kier molecular flexibility index (Phi) is 3.52. The van der Waals surface area contributed by atoms with Gasteiger partial charge in [-0.25, -0.2) is 9.97 Å². The molecule has 0 unspecified atom stereocenters. The maximum absolute atomic E-state index is 11.6. The molecule has 0 saturated carbocycles. The molecule has 0 aromatic carbocycles. The zero-order valence-corrected chi connectivity index (χ0v) is 10.9. The van der Waals surface area contributed by atoms with E-state index in [9.17, 15) is 4.79 Å². The number of anilines is 1. The minimum atomic E-state index is -0.321. The quantitative estimate of drug-likeness (QED) is 0.925. The molecule has 0 spiro atoms. The van der Waals surface area contributed by atoms with Gasteiger partial charge in [0.15, 0.2) is 5.82 Å². The van der Waals surface area contributed by atoms with E-state index in [0.717, 1.165) is 4.47 Å². The summed E-state index contributed by atoms with van der Waals surface area (Å²) in [7, 11) is 0. The maximum Gasteiger partial charge on any atom is 0.276 e. The number of thiazole rings is 1. The molecule has 2 aromatic rings. The number of aromatic nitrogens is 2. The lowest BCUT2D eigenvalue weighted by molar-refractivity contribution is 0.102. The number of nitrogens with one attached hydrogen (secondary N) is 1. The maximum atomic E-state index is 11.6. The van der Waals surface area contributed by atoms with Crippen LogP contribution >= 0.6 is 38.9 Å². The smallest absolute Gasteiger partial charge is 0.276 e. The molecule has 0 aliphatic rings. The molecule has 7 heteroatoms. The predicted octanol–water partition coefficient (Wildman–Crippen LogP) is 3.21. The lowest BCUT2D eigenvalue weighted by atomic mass is 10.4. The number of halogens is 2. The lowest BCUT2D eigenvalue weighted by Gasteiger charge is -2.04. The Balaban J connectivity index is 2.18. The Morgan fingerprint density at radius 3 is 2.94 bits per heavy atom. The highest BCUT2D eigenvalue weighted by molar-refractivity contribution is 9.10. The SMILES string of the molecule is O=C(Nc1ncc(Br)cc1Cl)c1cscn1.